The van der Waals surface area contributed by atoms with Crippen molar-refractivity contribution in [2.24, 2.45) is 0 Å². The van der Waals surface area contributed by atoms with Gasteiger partial charge in [0.05, 0.1) is 25.5 Å². The highest BCUT2D eigenvalue weighted by molar-refractivity contribution is 5.83. The zero-order valence-electron chi connectivity index (χ0n) is 14.8. The number of rotatable bonds is 5. The summed E-state index contributed by atoms with van der Waals surface area (Å²) in [5.41, 5.74) is 3.40. The third-order valence-corrected chi connectivity index (χ3v) is 4.61. The van der Waals surface area contributed by atoms with Crippen molar-refractivity contribution in [1.82, 2.24) is 14.5 Å². The number of nitrogens with one attached hydrogen (secondary N) is 1. The van der Waals surface area contributed by atoms with Crippen LogP contribution in [0.2, 0.25) is 0 Å². The van der Waals surface area contributed by atoms with Crippen LogP contribution in [-0.2, 0) is 13.0 Å². The first kappa shape index (κ1) is 16.9. The zero-order valence-corrected chi connectivity index (χ0v) is 14.8. The number of phenols is 1. The Hall–Kier alpha value is -3.54. The summed E-state index contributed by atoms with van der Waals surface area (Å²) in [7, 11) is 1.55. The monoisotopic (exact) mass is 361 g/mol. The molecule has 0 aliphatic carbocycles. The van der Waals surface area contributed by atoms with Crippen molar-refractivity contribution in [3.63, 3.8) is 0 Å². The molecule has 0 amide bonds. The molecule has 0 aliphatic rings. The minimum atomic E-state index is -0.214. The largest absolute Gasteiger partial charge is 0.508 e. The topological polar surface area (TPSA) is 80.1 Å². The van der Waals surface area contributed by atoms with Gasteiger partial charge in [-0.3, -0.25) is 4.79 Å². The fourth-order valence-corrected chi connectivity index (χ4v) is 3.32. The van der Waals surface area contributed by atoms with Crippen molar-refractivity contribution in [1.29, 1.82) is 0 Å². The van der Waals surface area contributed by atoms with Crippen LogP contribution in [0.15, 0.2) is 65.7 Å². The molecule has 2 heterocycles. The lowest BCUT2D eigenvalue weighted by atomic mass is 10.1. The Morgan fingerprint density at radius 2 is 2.04 bits per heavy atom. The number of hydrogen-bond acceptors (Lipinski definition) is 4. The molecule has 2 aromatic heterocycles. The molecule has 4 aromatic rings. The van der Waals surface area contributed by atoms with Crippen molar-refractivity contribution in [2.75, 3.05) is 7.11 Å². The maximum Gasteiger partial charge on any atom is 0.269 e. The number of fused-ring (bicyclic) bond motifs is 1. The third-order valence-electron chi connectivity index (χ3n) is 4.61. The molecule has 0 saturated heterocycles. The Bertz CT molecular complexity index is 1160. The molecule has 2 aromatic carbocycles. The molecule has 4 rings (SSSR count). The van der Waals surface area contributed by atoms with Crippen LogP contribution in [0.3, 0.4) is 0 Å². The lowest BCUT2D eigenvalue weighted by Gasteiger charge is -2.15. The summed E-state index contributed by atoms with van der Waals surface area (Å²) >= 11 is 0. The molecular weight excluding hydrogens is 342 g/mol. The van der Waals surface area contributed by atoms with Crippen LogP contribution in [0, 0.1) is 0 Å². The summed E-state index contributed by atoms with van der Waals surface area (Å²) in [6.07, 6.45) is 3.70. The van der Waals surface area contributed by atoms with Crippen molar-refractivity contribution >= 4 is 10.9 Å². The van der Waals surface area contributed by atoms with E-state index in [0.29, 0.717) is 24.5 Å². The van der Waals surface area contributed by atoms with E-state index in [1.165, 1.54) is 6.20 Å². The predicted molar refractivity (Wildman–Crippen MR) is 103 cm³/mol. The van der Waals surface area contributed by atoms with Crippen LogP contribution in [-0.4, -0.2) is 26.8 Å². The fraction of sp³-hybridized carbons (Fsp3) is 0.143. The summed E-state index contributed by atoms with van der Waals surface area (Å²) < 4.78 is 7.07. The van der Waals surface area contributed by atoms with E-state index in [1.54, 1.807) is 29.9 Å². The van der Waals surface area contributed by atoms with Crippen molar-refractivity contribution < 1.29 is 9.84 Å². The van der Waals surface area contributed by atoms with Gasteiger partial charge < -0.3 is 19.4 Å². The van der Waals surface area contributed by atoms with Crippen LogP contribution in [0.1, 0.15) is 16.8 Å². The van der Waals surface area contributed by atoms with Crippen molar-refractivity contribution in [2.45, 2.75) is 13.0 Å². The third kappa shape index (κ3) is 3.29. The van der Waals surface area contributed by atoms with Crippen LogP contribution in [0.25, 0.3) is 10.9 Å². The van der Waals surface area contributed by atoms with Crippen molar-refractivity contribution in [3.8, 4) is 11.6 Å². The Morgan fingerprint density at radius 3 is 2.85 bits per heavy atom. The number of nitrogens with zero attached hydrogens (tertiary/aromatic N) is 2. The molecule has 2 N–H and O–H groups in total. The van der Waals surface area contributed by atoms with Gasteiger partial charge in [0.2, 0.25) is 5.88 Å². The maximum atomic E-state index is 12.6. The van der Waals surface area contributed by atoms with E-state index in [4.69, 9.17) is 4.74 Å². The van der Waals surface area contributed by atoms with Gasteiger partial charge in [-0.25, -0.2) is 4.98 Å². The minimum absolute atomic E-state index is 0.166. The van der Waals surface area contributed by atoms with Crippen LogP contribution in [0.4, 0.5) is 0 Å². The molecule has 0 radical (unpaired) electrons. The van der Waals surface area contributed by atoms with Gasteiger partial charge >= 0.3 is 0 Å². The van der Waals surface area contributed by atoms with Gasteiger partial charge in [0, 0.05) is 23.5 Å². The lowest BCUT2D eigenvalue weighted by Crippen LogP contribution is -2.25. The summed E-state index contributed by atoms with van der Waals surface area (Å²) in [5, 5.41) is 10.8. The summed E-state index contributed by atoms with van der Waals surface area (Å²) in [6, 6.07) is 14.9. The number of aromatic amines is 1. The molecular formula is C21H19N3O3. The Balaban J connectivity index is 1.81. The first-order valence-electron chi connectivity index (χ1n) is 8.61. The molecule has 0 fully saturated rings. The number of ether oxygens (including phenoxy) is 1. The first-order valence-corrected chi connectivity index (χ1v) is 8.61. The number of H-pyrrole nitrogens is 1. The summed E-state index contributed by atoms with van der Waals surface area (Å²) in [6.45, 7) is 0.323. The zero-order chi connectivity index (χ0) is 18.8. The van der Waals surface area contributed by atoms with E-state index in [1.807, 2.05) is 36.5 Å². The molecule has 0 aliphatic heterocycles. The standard InChI is InChI=1S/C21H19N3O3/c1-27-21-19(10-15-11-22-18-8-3-2-7-17(15)18)24(20(26)12-23-21)13-14-5-4-6-16(25)9-14/h2-9,11-12,22,25H,10,13H2,1H3. The van der Waals surface area contributed by atoms with E-state index >= 15 is 0 Å². The normalized spacial score (nSPS) is 11.0. The van der Waals surface area contributed by atoms with E-state index < -0.39 is 0 Å². The Kier molecular flexibility index (Phi) is 4.38. The van der Waals surface area contributed by atoms with Gasteiger partial charge in [-0.15, -0.1) is 0 Å². The molecule has 6 nitrogen and oxygen atoms in total. The first-order chi connectivity index (χ1) is 13.2. The quantitative estimate of drug-likeness (QED) is 0.572. The molecule has 6 heteroatoms. The molecule has 136 valence electrons. The Morgan fingerprint density at radius 1 is 1.19 bits per heavy atom. The lowest BCUT2D eigenvalue weighted by molar-refractivity contribution is 0.384. The van der Waals surface area contributed by atoms with Gasteiger partial charge in [-0.05, 0) is 29.3 Å². The van der Waals surface area contributed by atoms with Crippen molar-refractivity contribution in [3.05, 3.63) is 88.1 Å². The van der Waals surface area contributed by atoms with E-state index in [9.17, 15) is 9.90 Å². The molecule has 0 saturated carbocycles. The van der Waals surface area contributed by atoms with Crippen LogP contribution < -0.4 is 10.3 Å². The number of benzene rings is 2. The molecule has 0 bridgehead atoms. The number of para-hydroxylation sites is 1. The predicted octanol–water partition coefficient (Wildman–Crippen LogP) is 3.08. The van der Waals surface area contributed by atoms with Gasteiger partial charge in [-0.2, -0.15) is 0 Å². The average molecular weight is 361 g/mol. The number of phenolic OH excluding ortho intramolecular Hbond substituents is 1. The van der Waals surface area contributed by atoms with Gasteiger partial charge in [0.25, 0.3) is 5.56 Å². The Labute approximate surface area is 155 Å². The highest BCUT2D eigenvalue weighted by Crippen LogP contribution is 2.24. The van der Waals surface area contributed by atoms with Crippen LogP contribution in [0.5, 0.6) is 11.6 Å². The van der Waals surface area contributed by atoms with Gasteiger partial charge in [0.15, 0.2) is 0 Å². The van der Waals surface area contributed by atoms with Gasteiger partial charge in [-0.1, -0.05) is 30.3 Å². The molecule has 0 unspecified atom stereocenters. The summed E-state index contributed by atoms with van der Waals surface area (Å²) in [5.74, 6) is 0.583. The minimum Gasteiger partial charge on any atom is -0.508 e. The van der Waals surface area contributed by atoms with E-state index in [2.05, 4.69) is 9.97 Å². The second kappa shape index (κ2) is 6.99. The average Bonchev–Trinajstić information content (AvgIpc) is 3.08. The van der Waals surface area contributed by atoms with E-state index in [-0.39, 0.29) is 11.3 Å². The number of aromatic hydroxyl groups is 1. The molecule has 27 heavy (non-hydrogen) atoms. The smallest absolute Gasteiger partial charge is 0.269 e. The maximum absolute atomic E-state index is 12.6. The molecule has 0 spiro atoms. The number of hydrogen-bond donors (Lipinski definition) is 2. The van der Waals surface area contributed by atoms with Gasteiger partial charge in [0.1, 0.15) is 5.75 Å². The second-order valence-electron chi connectivity index (χ2n) is 6.34. The highest BCUT2D eigenvalue weighted by Gasteiger charge is 2.16. The van der Waals surface area contributed by atoms with E-state index in [0.717, 1.165) is 22.0 Å². The highest BCUT2D eigenvalue weighted by atomic mass is 16.5. The molecule has 0 atom stereocenters. The second-order valence-corrected chi connectivity index (χ2v) is 6.34. The number of aromatic nitrogens is 3. The number of methoxy groups -OCH3 is 1. The SMILES string of the molecule is COc1ncc(=O)n(Cc2cccc(O)c2)c1Cc1c[nH]c2ccccc12. The van der Waals surface area contributed by atoms with Crippen LogP contribution >= 0.6 is 0 Å². The summed E-state index contributed by atoms with van der Waals surface area (Å²) in [4.78, 5) is 20.0. The fourth-order valence-electron chi connectivity index (χ4n) is 3.32.